The lowest BCUT2D eigenvalue weighted by atomic mass is 10.1. The van der Waals surface area contributed by atoms with Gasteiger partial charge >= 0.3 is 0 Å². The molecule has 6 heteroatoms. The van der Waals surface area contributed by atoms with Crippen LogP contribution < -0.4 is 0 Å². The molecule has 1 heterocycles. The molecule has 0 N–H and O–H groups in total. The Morgan fingerprint density at radius 2 is 2.06 bits per heavy atom. The quantitative estimate of drug-likeness (QED) is 0.482. The number of aromatic nitrogens is 2. The van der Waals surface area contributed by atoms with E-state index < -0.39 is 0 Å². The van der Waals surface area contributed by atoms with Crippen molar-refractivity contribution in [3.63, 3.8) is 0 Å². The Bertz CT molecular complexity index is 578. The summed E-state index contributed by atoms with van der Waals surface area (Å²) < 4.78 is 17.8. The maximum Gasteiger partial charge on any atom is 0.280 e. The molecule has 1 aromatic heterocycles. The second-order valence-corrected chi connectivity index (χ2v) is 4.24. The van der Waals surface area contributed by atoms with Gasteiger partial charge in [-0.1, -0.05) is 0 Å². The molecule has 2 rings (SSSR count). The number of carbonyl (C=O) groups excluding carboxylic acids is 1. The summed E-state index contributed by atoms with van der Waals surface area (Å²) in [6, 6.07) is 5.36. The topological polar surface area (TPSA) is 56.0 Å². The van der Waals surface area contributed by atoms with Gasteiger partial charge in [-0.2, -0.15) is 0 Å². The van der Waals surface area contributed by atoms with Crippen molar-refractivity contribution >= 4 is 17.5 Å². The molecule has 2 aromatic rings. The van der Waals surface area contributed by atoms with Crippen molar-refractivity contribution in [3.8, 4) is 0 Å². The third-order valence-electron chi connectivity index (χ3n) is 2.02. The van der Waals surface area contributed by atoms with E-state index in [-0.39, 0.29) is 11.6 Å². The molecule has 0 saturated carbocycles. The van der Waals surface area contributed by atoms with Crippen LogP contribution in [0.15, 0.2) is 45.4 Å². The predicted octanol–water partition coefficient (Wildman–Crippen LogP) is 3.01. The molecule has 92 valence electrons. The Kier molecular flexibility index (Phi) is 3.88. The van der Waals surface area contributed by atoms with Crippen LogP contribution >= 0.6 is 11.8 Å². The summed E-state index contributed by atoms with van der Waals surface area (Å²) in [4.78, 5) is 11.7. The van der Waals surface area contributed by atoms with Gasteiger partial charge in [-0.25, -0.2) is 4.39 Å². The molecule has 0 aliphatic rings. The summed E-state index contributed by atoms with van der Waals surface area (Å²) in [6.45, 7) is 1.68. The van der Waals surface area contributed by atoms with E-state index in [2.05, 4.69) is 10.2 Å². The summed E-state index contributed by atoms with van der Waals surface area (Å²) in [5, 5.41) is 9.34. The van der Waals surface area contributed by atoms with Crippen LogP contribution in [-0.4, -0.2) is 16.0 Å². The number of hydrogen-bond acceptors (Lipinski definition) is 5. The van der Waals surface area contributed by atoms with Crippen LogP contribution in [0.5, 0.6) is 0 Å². The fourth-order valence-electron chi connectivity index (χ4n) is 1.19. The number of aryl methyl sites for hydroxylation is 1. The first-order chi connectivity index (χ1) is 8.65. The van der Waals surface area contributed by atoms with Crippen LogP contribution in [0.25, 0.3) is 0 Å². The maximum absolute atomic E-state index is 12.7. The van der Waals surface area contributed by atoms with E-state index in [1.54, 1.807) is 12.3 Å². The highest BCUT2D eigenvalue weighted by molar-refractivity contribution is 8.01. The molecule has 0 radical (unpaired) electrons. The van der Waals surface area contributed by atoms with Gasteiger partial charge in [0, 0.05) is 12.5 Å². The second-order valence-electron chi connectivity index (χ2n) is 3.38. The minimum atomic E-state index is -0.369. The van der Waals surface area contributed by atoms with Crippen molar-refractivity contribution in [2.24, 2.45) is 0 Å². The molecule has 0 aliphatic carbocycles. The number of hydrogen-bond donors (Lipinski definition) is 0. The van der Waals surface area contributed by atoms with Crippen molar-refractivity contribution in [2.75, 3.05) is 0 Å². The summed E-state index contributed by atoms with van der Waals surface area (Å²) in [5.74, 6) is -0.110. The van der Waals surface area contributed by atoms with Crippen molar-refractivity contribution in [1.29, 1.82) is 0 Å². The Balaban J connectivity index is 1.97. The van der Waals surface area contributed by atoms with Gasteiger partial charge in [-0.05, 0) is 47.5 Å². The number of nitrogens with zero attached hydrogens (tertiary/aromatic N) is 2. The Hall–Kier alpha value is -1.95. The van der Waals surface area contributed by atoms with Crippen LogP contribution in [0.3, 0.4) is 0 Å². The SMILES string of the molecule is Cc1nnc(S/C=C/C(=O)c2ccc(F)cc2)o1. The highest BCUT2D eigenvalue weighted by Crippen LogP contribution is 2.17. The third-order valence-corrected chi connectivity index (χ3v) is 2.66. The number of rotatable bonds is 4. The monoisotopic (exact) mass is 264 g/mol. The standard InChI is InChI=1S/C12H9FN2O2S/c1-8-14-15-12(17-8)18-7-6-11(16)9-2-4-10(13)5-3-9/h2-7H,1H3/b7-6+. The van der Waals surface area contributed by atoms with Crippen molar-refractivity contribution < 1.29 is 13.6 Å². The highest BCUT2D eigenvalue weighted by Gasteiger charge is 2.03. The summed E-state index contributed by atoms with van der Waals surface area (Å²) in [7, 11) is 0. The summed E-state index contributed by atoms with van der Waals surface area (Å²) in [6.07, 6.45) is 1.37. The predicted molar refractivity (Wildman–Crippen MR) is 64.8 cm³/mol. The van der Waals surface area contributed by atoms with Gasteiger partial charge in [0.25, 0.3) is 5.22 Å². The zero-order chi connectivity index (χ0) is 13.0. The average Bonchev–Trinajstić information content (AvgIpc) is 2.76. The lowest BCUT2D eigenvalue weighted by molar-refractivity contribution is 0.104. The Morgan fingerprint density at radius 1 is 1.33 bits per heavy atom. The molecule has 18 heavy (non-hydrogen) atoms. The molecule has 4 nitrogen and oxygen atoms in total. The molecule has 0 aliphatic heterocycles. The zero-order valence-corrected chi connectivity index (χ0v) is 10.3. The van der Waals surface area contributed by atoms with Crippen LogP contribution in [0, 0.1) is 12.7 Å². The largest absolute Gasteiger partial charge is 0.416 e. The molecule has 0 fully saturated rings. The van der Waals surface area contributed by atoms with Gasteiger partial charge < -0.3 is 4.42 Å². The van der Waals surface area contributed by atoms with Crippen LogP contribution in [0.4, 0.5) is 4.39 Å². The minimum absolute atomic E-state index is 0.210. The first-order valence-corrected chi connectivity index (χ1v) is 5.96. The van der Waals surface area contributed by atoms with Crippen LogP contribution in [0.2, 0.25) is 0 Å². The molecule has 0 saturated heterocycles. The van der Waals surface area contributed by atoms with E-state index in [1.807, 2.05) is 0 Å². The minimum Gasteiger partial charge on any atom is -0.416 e. The van der Waals surface area contributed by atoms with Crippen LogP contribution in [-0.2, 0) is 0 Å². The average molecular weight is 264 g/mol. The van der Waals surface area contributed by atoms with E-state index >= 15 is 0 Å². The van der Waals surface area contributed by atoms with E-state index in [1.165, 1.54) is 30.3 Å². The number of ketones is 1. The molecular formula is C12H9FN2O2S. The number of thioether (sulfide) groups is 1. The second kappa shape index (κ2) is 5.59. The van der Waals surface area contributed by atoms with E-state index in [0.29, 0.717) is 16.7 Å². The van der Waals surface area contributed by atoms with E-state index in [4.69, 9.17) is 4.42 Å². The van der Waals surface area contributed by atoms with Gasteiger partial charge in [0.05, 0.1) is 0 Å². The number of benzene rings is 1. The zero-order valence-electron chi connectivity index (χ0n) is 9.46. The normalized spacial score (nSPS) is 11.0. The lowest BCUT2D eigenvalue weighted by Crippen LogP contribution is -1.93. The third kappa shape index (κ3) is 3.27. The van der Waals surface area contributed by atoms with Crippen molar-refractivity contribution in [1.82, 2.24) is 10.2 Å². The van der Waals surface area contributed by atoms with Crippen LogP contribution in [0.1, 0.15) is 16.2 Å². The maximum atomic E-state index is 12.7. The summed E-state index contributed by atoms with van der Waals surface area (Å²) >= 11 is 1.15. The van der Waals surface area contributed by atoms with Gasteiger partial charge in [-0.15, -0.1) is 10.2 Å². The first kappa shape index (κ1) is 12.5. The number of allylic oxidation sites excluding steroid dienone is 1. The molecule has 0 bridgehead atoms. The molecule has 0 amide bonds. The Labute approximate surface area is 107 Å². The smallest absolute Gasteiger partial charge is 0.280 e. The summed E-state index contributed by atoms with van der Waals surface area (Å²) in [5.41, 5.74) is 0.426. The van der Waals surface area contributed by atoms with Gasteiger partial charge in [0.1, 0.15) is 5.82 Å². The molecule has 0 unspecified atom stereocenters. The number of carbonyl (C=O) groups is 1. The van der Waals surface area contributed by atoms with Crippen molar-refractivity contribution in [2.45, 2.75) is 12.1 Å². The van der Waals surface area contributed by atoms with Gasteiger partial charge in [0.15, 0.2) is 5.78 Å². The lowest BCUT2D eigenvalue weighted by Gasteiger charge is -1.94. The molecule has 0 atom stereocenters. The fraction of sp³-hybridized carbons (Fsp3) is 0.0833. The number of halogens is 1. The van der Waals surface area contributed by atoms with Crippen molar-refractivity contribution in [3.05, 3.63) is 53.0 Å². The van der Waals surface area contributed by atoms with Gasteiger partial charge in [0.2, 0.25) is 5.89 Å². The van der Waals surface area contributed by atoms with E-state index in [9.17, 15) is 9.18 Å². The Morgan fingerprint density at radius 3 is 2.67 bits per heavy atom. The molecular weight excluding hydrogens is 255 g/mol. The first-order valence-electron chi connectivity index (χ1n) is 5.08. The molecule has 1 aromatic carbocycles. The van der Waals surface area contributed by atoms with Gasteiger partial charge in [-0.3, -0.25) is 4.79 Å². The highest BCUT2D eigenvalue weighted by atomic mass is 32.2. The van der Waals surface area contributed by atoms with E-state index in [0.717, 1.165) is 11.8 Å². The molecule has 0 spiro atoms. The fourth-order valence-corrected chi connectivity index (χ4v) is 1.76.